The smallest absolute Gasteiger partial charge is 0.187 e. The molecule has 1 aliphatic heterocycles. The van der Waals surface area contributed by atoms with Crippen molar-refractivity contribution in [3.63, 3.8) is 0 Å². The summed E-state index contributed by atoms with van der Waals surface area (Å²) in [5.41, 5.74) is 0.0338. The molecule has 0 aromatic heterocycles. The lowest BCUT2D eigenvalue weighted by Gasteiger charge is -2.46. The summed E-state index contributed by atoms with van der Waals surface area (Å²) in [6.45, 7) is 9.09. The molecule has 0 spiro atoms. The zero-order valence-electron chi connectivity index (χ0n) is 10.7. The molecule has 88 valence electrons. The van der Waals surface area contributed by atoms with Crippen molar-refractivity contribution in [3.05, 3.63) is 12.3 Å². The molecular weight excluding hydrogens is 204 g/mol. The van der Waals surface area contributed by atoms with Crippen LogP contribution in [0.2, 0.25) is 19.1 Å². The van der Waals surface area contributed by atoms with Gasteiger partial charge in [0.2, 0.25) is 0 Å². The molecule has 3 heteroatoms. The molecule has 0 amide bonds. The summed E-state index contributed by atoms with van der Waals surface area (Å²) in [6, 6.07) is 1.28. The summed E-state index contributed by atoms with van der Waals surface area (Å²) in [6.07, 6.45) is 6.23. The minimum atomic E-state index is -1.37. The molecule has 1 rings (SSSR count). The fourth-order valence-electron chi connectivity index (χ4n) is 2.43. The summed E-state index contributed by atoms with van der Waals surface area (Å²) in [5.74, 6) is 0.629. The van der Waals surface area contributed by atoms with Crippen molar-refractivity contribution in [1.29, 1.82) is 0 Å². The molecule has 1 atom stereocenters. The van der Waals surface area contributed by atoms with Crippen LogP contribution < -0.4 is 0 Å². The van der Waals surface area contributed by atoms with Crippen LogP contribution in [-0.4, -0.2) is 21.0 Å². The number of methoxy groups -OCH3 is 1. The van der Waals surface area contributed by atoms with Crippen molar-refractivity contribution in [1.82, 2.24) is 0 Å². The molecule has 0 saturated carbocycles. The Morgan fingerprint density at radius 2 is 2.13 bits per heavy atom. The van der Waals surface area contributed by atoms with E-state index < -0.39 is 8.32 Å². The first-order valence-corrected chi connectivity index (χ1v) is 8.87. The van der Waals surface area contributed by atoms with E-state index in [4.69, 9.17) is 9.16 Å². The molecular formula is C12H24O2Si. The quantitative estimate of drug-likeness (QED) is 0.543. The van der Waals surface area contributed by atoms with Gasteiger partial charge in [0.1, 0.15) is 0 Å². The van der Waals surface area contributed by atoms with Gasteiger partial charge in [0, 0.05) is 0 Å². The summed E-state index contributed by atoms with van der Waals surface area (Å²) >= 11 is 0. The first-order valence-electron chi connectivity index (χ1n) is 5.75. The largest absolute Gasteiger partial charge is 0.505 e. The third-order valence-corrected chi connectivity index (χ3v) is 5.84. The van der Waals surface area contributed by atoms with Crippen LogP contribution in [0, 0.1) is 5.92 Å². The summed E-state index contributed by atoms with van der Waals surface area (Å²) in [7, 11) is 0.319. The highest BCUT2D eigenvalue weighted by Crippen LogP contribution is 2.39. The van der Waals surface area contributed by atoms with Crippen LogP contribution in [-0.2, 0) is 9.16 Å². The Morgan fingerprint density at radius 1 is 1.47 bits per heavy atom. The maximum Gasteiger partial charge on any atom is 0.187 e. The van der Waals surface area contributed by atoms with Gasteiger partial charge in [0.25, 0.3) is 0 Å². The van der Waals surface area contributed by atoms with Crippen molar-refractivity contribution in [3.8, 4) is 0 Å². The van der Waals surface area contributed by atoms with Crippen LogP contribution in [0.1, 0.15) is 26.7 Å². The second-order valence-electron chi connectivity index (χ2n) is 5.54. The molecule has 1 aliphatic rings. The van der Waals surface area contributed by atoms with Gasteiger partial charge in [-0.25, -0.2) is 0 Å². The van der Waals surface area contributed by atoms with Gasteiger partial charge in [0.15, 0.2) is 8.32 Å². The van der Waals surface area contributed by atoms with Gasteiger partial charge in [-0.15, -0.1) is 0 Å². The predicted molar refractivity (Wildman–Crippen MR) is 66.3 cm³/mol. The van der Waals surface area contributed by atoms with Gasteiger partial charge >= 0.3 is 0 Å². The summed E-state index contributed by atoms with van der Waals surface area (Å²) in [4.78, 5) is 0. The molecule has 2 nitrogen and oxygen atoms in total. The third kappa shape index (κ3) is 3.65. The number of rotatable bonds is 3. The van der Waals surface area contributed by atoms with E-state index in [9.17, 15) is 0 Å². The lowest BCUT2D eigenvalue weighted by molar-refractivity contribution is 0.0155. The molecule has 0 radical (unpaired) electrons. The van der Waals surface area contributed by atoms with Crippen LogP contribution in [0.5, 0.6) is 0 Å². The van der Waals surface area contributed by atoms with Crippen molar-refractivity contribution >= 4 is 8.32 Å². The van der Waals surface area contributed by atoms with Crippen LogP contribution in [0.15, 0.2) is 12.3 Å². The Kier molecular flexibility index (Phi) is 4.01. The number of ether oxygens (including phenoxy) is 1. The fraction of sp³-hybridized carbons (Fsp3) is 0.833. The van der Waals surface area contributed by atoms with Gasteiger partial charge in [0.05, 0.1) is 19.0 Å². The highest BCUT2D eigenvalue weighted by molar-refractivity contribution is 6.71. The Labute approximate surface area is 94.8 Å². The zero-order chi connectivity index (χ0) is 11.5. The minimum absolute atomic E-state index is 0.0338. The summed E-state index contributed by atoms with van der Waals surface area (Å²) in [5, 5.41) is 0. The first-order chi connectivity index (χ1) is 6.87. The fourth-order valence-corrected chi connectivity index (χ4v) is 5.17. The van der Waals surface area contributed by atoms with E-state index in [1.807, 2.05) is 0 Å². The van der Waals surface area contributed by atoms with Crippen molar-refractivity contribution in [2.45, 2.75) is 51.4 Å². The van der Waals surface area contributed by atoms with Crippen molar-refractivity contribution in [2.24, 2.45) is 5.92 Å². The second kappa shape index (κ2) is 4.70. The standard InChI is InChI=1S/C12H24O2Si/c1-12(2)11(7-6-9-13-3)8-10-15(4,5)14-12/h6,9,11H,7-8,10H2,1-5H3/b9-6+. The molecule has 1 heterocycles. The van der Waals surface area contributed by atoms with E-state index in [1.54, 1.807) is 13.4 Å². The Morgan fingerprint density at radius 3 is 2.67 bits per heavy atom. The molecule has 0 bridgehead atoms. The SMILES string of the molecule is CO/C=C/CC1CC[Si](C)(C)OC1(C)C. The predicted octanol–water partition coefficient (Wildman–Crippen LogP) is 3.56. The normalized spacial score (nSPS) is 29.3. The third-order valence-electron chi connectivity index (χ3n) is 3.27. The molecule has 0 N–H and O–H groups in total. The van der Waals surface area contributed by atoms with Crippen LogP contribution >= 0.6 is 0 Å². The average molecular weight is 228 g/mol. The topological polar surface area (TPSA) is 18.5 Å². The Hall–Kier alpha value is -0.283. The van der Waals surface area contributed by atoms with Crippen LogP contribution in [0.3, 0.4) is 0 Å². The van der Waals surface area contributed by atoms with E-state index >= 15 is 0 Å². The number of allylic oxidation sites excluding steroid dienone is 1. The molecule has 1 saturated heterocycles. The Balaban J connectivity index is 2.56. The maximum atomic E-state index is 6.27. The molecule has 1 fully saturated rings. The lowest BCUT2D eigenvalue weighted by atomic mass is 9.86. The summed E-state index contributed by atoms with van der Waals surface area (Å²) < 4.78 is 11.2. The molecule has 15 heavy (non-hydrogen) atoms. The average Bonchev–Trinajstić information content (AvgIpc) is 2.06. The molecule has 0 aliphatic carbocycles. The van der Waals surface area contributed by atoms with Gasteiger partial charge in [-0.2, -0.15) is 0 Å². The van der Waals surface area contributed by atoms with E-state index in [2.05, 4.69) is 33.0 Å². The maximum absolute atomic E-state index is 6.27. The lowest BCUT2D eigenvalue weighted by Crippen LogP contribution is -2.50. The molecule has 1 unspecified atom stereocenters. The first kappa shape index (κ1) is 12.8. The van der Waals surface area contributed by atoms with Crippen LogP contribution in [0.25, 0.3) is 0 Å². The molecule has 0 aromatic rings. The van der Waals surface area contributed by atoms with Gasteiger partial charge in [-0.1, -0.05) is 0 Å². The van der Waals surface area contributed by atoms with Crippen molar-refractivity contribution in [2.75, 3.05) is 7.11 Å². The van der Waals surface area contributed by atoms with Gasteiger partial charge < -0.3 is 9.16 Å². The monoisotopic (exact) mass is 228 g/mol. The van der Waals surface area contributed by atoms with Crippen LogP contribution in [0.4, 0.5) is 0 Å². The highest BCUT2D eigenvalue weighted by atomic mass is 28.4. The number of hydrogen-bond donors (Lipinski definition) is 0. The van der Waals surface area contributed by atoms with Crippen molar-refractivity contribution < 1.29 is 9.16 Å². The van der Waals surface area contributed by atoms with E-state index in [0.717, 1.165) is 6.42 Å². The number of hydrogen-bond acceptors (Lipinski definition) is 2. The van der Waals surface area contributed by atoms with Gasteiger partial charge in [-0.05, 0) is 57.8 Å². The minimum Gasteiger partial charge on any atom is -0.505 e. The highest BCUT2D eigenvalue weighted by Gasteiger charge is 2.41. The zero-order valence-corrected chi connectivity index (χ0v) is 11.7. The van der Waals surface area contributed by atoms with Gasteiger partial charge in [-0.3, -0.25) is 0 Å². The molecule has 0 aromatic carbocycles. The van der Waals surface area contributed by atoms with E-state index in [0.29, 0.717) is 5.92 Å². The Bertz CT molecular complexity index is 234. The van der Waals surface area contributed by atoms with E-state index in [-0.39, 0.29) is 5.60 Å². The second-order valence-corrected chi connectivity index (χ2v) is 9.77. The van der Waals surface area contributed by atoms with E-state index in [1.165, 1.54) is 12.5 Å².